The SMILES string of the molecule is COC(=O)[C@]1(c2cccc(OCc3cccc(I)c3)c2)C[C@H]1C(N)=O. The summed E-state index contributed by atoms with van der Waals surface area (Å²) in [6.07, 6.45) is 0.370. The number of rotatable bonds is 6. The average Bonchev–Trinajstić information content (AvgIpc) is 3.37. The van der Waals surface area contributed by atoms with Crippen molar-refractivity contribution in [1.29, 1.82) is 0 Å². The molecule has 130 valence electrons. The van der Waals surface area contributed by atoms with Gasteiger partial charge in [0, 0.05) is 3.57 Å². The van der Waals surface area contributed by atoms with E-state index in [4.69, 9.17) is 15.2 Å². The van der Waals surface area contributed by atoms with Crippen LogP contribution in [0.1, 0.15) is 17.5 Å². The van der Waals surface area contributed by atoms with E-state index in [2.05, 4.69) is 22.6 Å². The maximum atomic E-state index is 12.3. The highest BCUT2D eigenvalue weighted by atomic mass is 127. The summed E-state index contributed by atoms with van der Waals surface area (Å²) >= 11 is 2.25. The van der Waals surface area contributed by atoms with Crippen LogP contribution in [0.5, 0.6) is 5.75 Å². The fraction of sp³-hybridized carbons (Fsp3) is 0.263. The third-order valence-electron chi connectivity index (χ3n) is 4.50. The molecule has 0 unspecified atom stereocenters. The summed E-state index contributed by atoms with van der Waals surface area (Å²) in [6.45, 7) is 0.421. The van der Waals surface area contributed by atoms with Crippen molar-refractivity contribution in [1.82, 2.24) is 0 Å². The number of esters is 1. The highest BCUT2D eigenvalue weighted by Crippen LogP contribution is 2.55. The maximum Gasteiger partial charge on any atom is 0.317 e. The second-order valence-corrected chi connectivity index (χ2v) is 7.31. The van der Waals surface area contributed by atoms with Crippen molar-refractivity contribution in [2.24, 2.45) is 11.7 Å². The Balaban J connectivity index is 1.81. The van der Waals surface area contributed by atoms with E-state index < -0.39 is 23.2 Å². The highest BCUT2D eigenvalue weighted by Gasteiger charge is 2.65. The van der Waals surface area contributed by atoms with E-state index in [1.54, 1.807) is 18.2 Å². The molecule has 25 heavy (non-hydrogen) atoms. The number of amides is 1. The zero-order chi connectivity index (χ0) is 18.0. The molecule has 0 radical (unpaired) electrons. The first-order valence-corrected chi connectivity index (χ1v) is 8.91. The van der Waals surface area contributed by atoms with Gasteiger partial charge in [-0.2, -0.15) is 0 Å². The maximum absolute atomic E-state index is 12.3. The van der Waals surface area contributed by atoms with Gasteiger partial charge in [-0.25, -0.2) is 0 Å². The van der Waals surface area contributed by atoms with Crippen molar-refractivity contribution in [2.75, 3.05) is 7.11 Å². The molecule has 0 heterocycles. The predicted octanol–water partition coefficient (Wildman–Crippen LogP) is 2.79. The van der Waals surface area contributed by atoms with E-state index in [0.717, 1.165) is 9.13 Å². The largest absolute Gasteiger partial charge is 0.489 e. The zero-order valence-electron chi connectivity index (χ0n) is 13.7. The van der Waals surface area contributed by atoms with Crippen LogP contribution in [-0.2, 0) is 26.3 Å². The van der Waals surface area contributed by atoms with Crippen molar-refractivity contribution in [2.45, 2.75) is 18.4 Å². The van der Waals surface area contributed by atoms with Gasteiger partial charge in [-0.05, 0) is 64.4 Å². The van der Waals surface area contributed by atoms with Crippen molar-refractivity contribution in [3.05, 3.63) is 63.2 Å². The quantitative estimate of drug-likeness (QED) is 0.542. The molecule has 0 saturated heterocycles. The van der Waals surface area contributed by atoms with E-state index >= 15 is 0 Å². The van der Waals surface area contributed by atoms with Gasteiger partial charge in [0.2, 0.25) is 5.91 Å². The van der Waals surface area contributed by atoms with E-state index in [1.165, 1.54) is 7.11 Å². The average molecular weight is 451 g/mol. The number of nitrogens with two attached hydrogens (primary N) is 1. The zero-order valence-corrected chi connectivity index (χ0v) is 15.9. The molecule has 0 aromatic heterocycles. The first-order valence-electron chi connectivity index (χ1n) is 7.83. The van der Waals surface area contributed by atoms with Crippen LogP contribution in [0.25, 0.3) is 0 Å². The molecule has 5 nitrogen and oxygen atoms in total. The number of carbonyl (C=O) groups excluding carboxylic acids is 2. The monoisotopic (exact) mass is 451 g/mol. The molecule has 2 aromatic rings. The van der Waals surface area contributed by atoms with E-state index in [-0.39, 0.29) is 0 Å². The number of hydrogen-bond acceptors (Lipinski definition) is 4. The van der Waals surface area contributed by atoms with Crippen LogP contribution < -0.4 is 10.5 Å². The van der Waals surface area contributed by atoms with Gasteiger partial charge in [0.25, 0.3) is 0 Å². The molecule has 0 spiro atoms. The van der Waals surface area contributed by atoms with Gasteiger partial charge in [-0.1, -0.05) is 24.3 Å². The van der Waals surface area contributed by atoms with Crippen LogP contribution in [0.15, 0.2) is 48.5 Å². The Morgan fingerprint density at radius 3 is 2.64 bits per heavy atom. The third-order valence-corrected chi connectivity index (χ3v) is 5.17. The van der Waals surface area contributed by atoms with Crippen molar-refractivity contribution in [3.8, 4) is 5.75 Å². The minimum atomic E-state index is -0.984. The van der Waals surface area contributed by atoms with Crippen LogP contribution in [0, 0.1) is 9.49 Å². The second kappa shape index (κ2) is 7.03. The van der Waals surface area contributed by atoms with Crippen LogP contribution in [0.2, 0.25) is 0 Å². The Hall–Kier alpha value is -2.09. The fourth-order valence-electron chi connectivity index (χ4n) is 3.11. The van der Waals surface area contributed by atoms with E-state index in [9.17, 15) is 9.59 Å². The number of halogens is 1. The predicted molar refractivity (Wildman–Crippen MR) is 101 cm³/mol. The number of ether oxygens (including phenoxy) is 2. The summed E-state index contributed by atoms with van der Waals surface area (Å²) in [5.74, 6) is -0.831. The minimum absolute atomic E-state index is 0.370. The molecule has 3 rings (SSSR count). The smallest absolute Gasteiger partial charge is 0.317 e. The molecule has 2 N–H and O–H groups in total. The minimum Gasteiger partial charge on any atom is -0.489 e. The van der Waals surface area contributed by atoms with Crippen molar-refractivity contribution >= 4 is 34.5 Å². The fourth-order valence-corrected chi connectivity index (χ4v) is 3.72. The molecular weight excluding hydrogens is 433 g/mol. The molecule has 1 aliphatic carbocycles. The van der Waals surface area contributed by atoms with E-state index in [0.29, 0.717) is 24.3 Å². The van der Waals surface area contributed by atoms with Crippen LogP contribution >= 0.6 is 22.6 Å². The topological polar surface area (TPSA) is 78.6 Å². The van der Waals surface area contributed by atoms with Crippen LogP contribution in [-0.4, -0.2) is 19.0 Å². The normalized spacial score (nSPS) is 21.4. The van der Waals surface area contributed by atoms with Crippen LogP contribution in [0.4, 0.5) is 0 Å². The Labute approximate surface area is 159 Å². The Morgan fingerprint density at radius 1 is 1.24 bits per heavy atom. The molecule has 1 fully saturated rings. The summed E-state index contributed by atoms with van der Waals surface area (Å²) in [5.41, 5.74) is 6.18. The molecule has 1 aliphatic rings. The summed E-state index contributed by atoms with van der Waals surface area (Å²) < 4.78 is 11.9. The number of benzene rings is 2. The lowest BCUT2D eigenvalue weighted by atomic mass is 9.92. The molecule has 6 heteroatoms. The van der Waals surface area contributed by atoms with Gasteiger partial charge in [0.1, 0.15) is 17.8 Å². The first kappa shape index (κ1) is 17.7. The van der Waals surface area contributed by atoms with Crippen LogP contribution in [0.3, 0.4) is 0 Å². The Kier molecular flexibility index (Phi) is 4.99. The lowest BCUT2D eigenvalue weighted by Crippen LogP contribution is -2.29. The van der Waals surface area contributed by atoms with Crippen molar-refractivity contribution < 1.29 is 19.1 Å². The van der Waals surface area contributed by atoms with Gasteiger partial charge in [-0.3, -0.25) is 9.59 Å². The Morgan fingerprint density at radius 2 is 2.00 bits per heavy atom. The Bertz CT molecular complexity index is 823. The molecule has 2 atom stereocenters. The van der Waals surface area contributed by atoms with Gasteiger partial charge in [-0.15, -0.1) is 0 Å². The van der Waals surface area contributed by atoms with Gasteiger partial charge in [0.15, 0.2) is 0 Å². The highest BCUT2D eigenvalue weighted by molar-refractivity contribution is 14.1. The lowest BCUT2D eigenvalue weighted by molar-refractivity contribution is -0.145. The van der Waals surface area contributed by atoms with Gasteiger partial charge < -0.3 is 15.2 Å². The number of carbonyl (C=O) groups is 2. The second-order valence-electron chi connectivity index (χ2n) is 6.07. The molecular formula is C19H18INO4. The summed E-state index contributed by atoms with van der Waals surface area (Å²) in [5, 5.41) is 0. The summed E-state index contributed by atoms with van der Waals surface area (Å²) in [7, 11) is 1.32. The lowest BCUT2D eigenvalue weighted by Gasteiger charge is -2.16. The summed E-state index contributed by atoms with van der Waals surface area (Å²) in [4.78, 5) is 23.8. The molecule has 1 amide bonds. The number of hydrogen-bond donors (Lipinski definition) is 1. The molecule has 1 saturated carbocycles. The summed E-state index contributed by atoms with van der Waals surface area (Å²) in [6, 6.07) is 15.2. The van der Waals surface area contributed by atoms with Gasteiger partial charge >= 0.3 is 5.97 Å². The first-order chi connectivity index (χ1) is 12.0. The van der Waals surface area contributed by atoms with E-state index in [1.807, 2.05) is 30.3 Å². The van der Waals surface area contributed by atoms with Gasteiger partial charge in [0.05, 0.1) is 13.0 Å². The van der Waals surface area contributed by atoms with Crippen molar-refractivity contribution in [3.63, 3.8) is 0 Å². The molecule has 0 bridgehead atoms. The number of primary amides is 1. The third kappa shape index (κ3) is 3.49. The molecule has 2 aromatic carbocycles. The number of methoxy groups -OCH3 is 1. The standard InChI is InChI=1S/C19H18INO4/c1-24-18(23)19(10-16(19)17(21)22)13-5-3-7-15(9-13)25-11-12-4-2-6-14(20)8-12/h2-9,16H,10-11H2,1H3,(H2,21,22)/t16-,19-/m0/s1. The molecule has 0 aliphatic heterocycles.